The highest BCUT2D eigenvalue weighted by Crippen LogP contribution is 2.21. The molecule has 0 spiro atoms. The van der Waals surface area contributed by atoms with Crippen LogP contribution in [0.15, 0.2) is 30.7 Å². The maximum atomic E-state index is 4.51. The zero-order valence-corrected chi connectivity index (χ0v) is 11.9. The molecule has 0 fully saturated rings. The van der Waals surface area contributed by atoms with Gasteiger partial charge in [-0.25, -0.2) is 9.97 Å². The van der Waals surface area contributed by atoms with Gasteiger partial charge in [-0.3, -0.25) is 4.57 Å². The molecule has 0 saturated carbocycles. The Hall–Kier alpha value is -2.43. The molecule has 0 bridgehead atoms. The number of aromatic nitrogens is 4. The molecule has 0 unspecified atom stereocenters. The summed E-state index contributed by atoms with van der Waals surface area (Å²) in [6.45, 7) is 7.03. The molecular weight excluding hydrogens is 250 g/mol. The first-order valence-electron chi connectivity index (χ1n) is 6.70. The number of benzene rings is 1. The Morgan fingerprint density at radius 2 is 1.95 bits per heavy atom. The zero-order valence-electron chi connectivity index (χ0n) is 11.9. The van der Waals surface area contributed by atoms with Crippen LogP contribution in [-0.4, -0.2) is 26.1 Å². The predicted octanol–water partition coefficient (Wildman–Crippen LogP) is 2.86. The zero-order chi connectivity index (χ0) is 14.1. The van der Waals surface area contributed by atoms with Crippen molar-refractivity contribution in [2.24, 2.45) is 0 Å². The molecule has 102 valence electrons. The maximum absolute atomic E-state index is 4.51. The normalized spacial score (nSPS) is 10.9. The van der Waals surface area contributed by atoms with E-state index in [1.165, 1.54) is 11.1 Å². The largest absolute Gasteiger partial charge is 0.354 e. The van der Waals surface area contributed by atoms with Crippen LogP contribution in [0.5, 0.6) is 0 Å². The number of fused-ring (bicyclic) bond motifs is 1. The van der Waals surface area contributed by atoms with Crippen molar-refractivity contribution in [3.8, 4) is 5.82 Å². The molecular formula is C15H17N5. The minimum absolute atomic E-state index is 0.635. The second-order valence-electron chi connectivity index (χ2n) is 4.81. The first-order chi connectivity index (χ1) is 9.69. The van der Waals surface area contributed by atoms with Crippen molar-refractivity contribution in [3.05, 3.63) is 41.9 Å². The molecule has 0 radical (unpaired) electrons. The summed E-state index contributed by atoms with van der Waals surface area (Å²) in [5, 5.41) is 3.12. The van der Waals surface area contributed by atoms with Gasteiger partial charge in [-0.2, -0.15) is 4.98 Å². The van der Waals surface area contributed by atoms with E-state index >= 15 is 0 Å². The van der Waals surface area contributed by atoms with E-state index in [9.17, 15) is 0 Å². The summed E-state index contributed by atoms with van der Waals surface area (Å²) >= 11 is 0. The van der Waals surface area contributed by atoms with Gasteiger partial charge in [0.2, 0.25) is 5.95 Å². The Morgan fingerprint density at radius 1 is 1.15 bits per heavy atom. The minimum atomic E-state index is 0.635. The fourth-order valence-corrected chi connectivity index (χ4v) is 2.17. The number of hydrogen-bond donors (Lipinski definition) is 1. The van der Waals surface area contributed by atoms with Crippen molar-refractivity contribution >= 4 is 17.0 Å². The summed E-state index contributed by atoms with van der Waals surface area (Å²) < 4.78 is 1.99. The van der Waals surface area contributed by atoms with Crippen molar-refractivity contribution < 1.29 is 0 Å². The Bertz CT molecular complexity index is 760. The van der Waals surface area contributed by atoms with E-state index < -0.39 is 0 Å². The summed E-state index contributed by atoms with van der Waals surface area (Å²) in [4.78, 5) is 13.2. The number of nitrogens with zero attached hydrogens (tertiary/aromatic N) is 4. The van der Waals surface area contributed by atoms with Crippen molar-refractivity contribution in [3.63, 3.8) is 0 Å². The van der Waals surface area contributed by atoms with Gasteiger partial charge >= 0.3 is 0 Å². The average molecular weight is 267 g/mol. The van der Waals surface area contributed by atoms with Gasteiger partial charge in [0, 0.05) is 12.7 Å². The molecule has 5 nitrogen and oxygen atoms in total. The number of imidazole rings is 1. The van der Waals surface area contributed by atoms with Gasteiger partial charge in [-0.1, -0.05) is 0 Å². The third-order valence-electron chi connectivity index (χ3n) is 3.39. The molecule has 1 aromatic carbocycles. The molecule has 3 aromatic rings. The van der Waals surface area contributed by atoms with Gasteiger partial charge in [0.25, 0.3) is 0 Å². The maximum Gasteiger partial charge on any atom is 0.224 e. The van der Waals surface area contributed by atoms with Crippen LogP contribution in [0.1, 0.15) is 18.1 Å². The molecule has 2 aromatic heterocycles. The molecule has 1 N–H and O–H groups in total. The number of nitrogens with one attached hydrogen (secondary N) is 1. The van der Waals surface area contributed by atoms with Crippen LogP contribution in [-0.2, 0) is 0 Å². The molecule has 0 aliphatic heterocycles. The quantitative estimate of drug-likeness (QED) is 0.792. The van der Waals surface area contributed by atoms with E-state index in [2.05, 4.69) is 46.2 Å². The van der Waals surface area contributed by atoms with Gasteiger partial charge in [-0.05, 0) is 50.1 Å². The predicted molar refractivity (Wildman–Crippen MR) is 80.3 cm³/mol. The molecule has 2 heterocycles. The lowest BCUT2D eigenvalue weighted by Gasteiger charge is -2.07. The van der Waals surface area contributed by atoms with Crippen LogP contribution >= 0.6 is 0 Å². The number of aryl methyl sites for hydroxylation is 2. The molecule has 20 heavy (non-hydrogen) atoms. The third-order valence-corrected chi connectivity index (χ3v) is 3.39. The number of anilines is 1. The fraction of sp³-hybridized carbons (Fsp3) is 0.267. The Labute approximate surface area is 117 Å². The average Bonchev–Trinajstić information content (AvgIpc) is 2.83. The van der Waals surface area contributed by atoms with Crippen molar-refractivity contribution in [2.75, 3.05) is 11.9 Å². The Morgan fingerprint density at radius 3 is 2.75 bits per heavy atom. The summed E-state index contributed by atoms with van der Waals surface area (Å²) in [5.41, 5.74) is 4.55. The van der Waals surface area contributed by atoms with Crippen LogP contribution in [0.2, 0.25) is 0 Å². The Balaban J connectivity index is 2.14. The topological polar surface area (TPSA) is 55.6 Å². The molecule has 3 rings (SSSR count). The van der Waals surface area contributed by atoms with Crippen molar-refractivity contribution in [1.29, 1.82) is 0 Å². The van der Waals surface area contributed by atoms with Crippen LogP contribution < -0.4 is 5.32 Å². The molecule has 0 atom stereocenters. The van der Waals surface area contributed by atoms with E-state index in [1.807, 2.05) is 23.9 Å². The Kier molecular flexibility index (Phi) is 3.10. The van der Waals surface area contributed by atoms with Crippen LogP contribution in [0.3, 0.4) is 0 Å². The van der Waals surface area contributed by atoms with Gasteiger partial charge in [0.05, 0.1) is 11.0 Å². The number of hydrogen-bond acceptors (Lipinski definition) is 4. The van der Waals surface area contributed by atoms with Crippen molar-refractivity contribution in [1.82, 2.24) is 19.5 Å². The van der Waals surface area contributed by atoms with Gasteiger partial charge in [0.1, 0.15) is 12.1 Å². The second-order valence-corrected chi connectivity index (χ2v) is 4.81. The van der Waals surface area contributed by atoms with E-state index in [0.29, 0.717) is 5.95 Å². The van der Waals surface area contributed by atoms with E-state index in [4.69, 9.17) is 0 Å². The standard InChI is InChI=1S/C15H17N5/c1-4-16-15-17-6-5-14(19-15)20-9-18-12-7-10(2)11(3)8-13(12)20/h5-9H,4H2,1-3H3,(H,16,17,19). The van der Waals surface area contributed by atoms with Gasteiger partial charge in [-0.15, -0.1) is 0 Å². The minimum Gasteiger partial charge on any atom is -0.354 e. The summed E-state index contributed by atoms with van der Waals surface area (Å²) in [6, 6.07) is 6.14. The molecule has 0 aliphatic carbocycles. The van der Waals surface area contributed by atoms with Gasteiger partial charge in [0.15, 0.2) is 0 Å². The van der Waals surface area contributed by atoms with E-state index in [-0.39, 0.29) is 0 Å². The third kappa shape index (κ3) is 2.11. The lowest BCUT2D eigenvalue weighted by Crippen LogP contribution is -2.05. The van der Waals surface area contributed by atoms with Crippen LogP contribution in [0.4, 0.5) is 5.95 Å². The van der Waals surface area contributed by atoms with E-state index in [0.717, 1.165) is 23.4 Å². The summed E-state index contributed by atoms with van der Waals surface area (Å²) in [7, 11) is 0. The lowest BCUT2D eigenvalue weighted by molar-refractivity contribution is 0.983. The fourth-order valence-electron chi connectivity index (χ4n) is 2.17. The highest BCUT2D eigenvalue weighted by Gasteiger charge is 2.08. The molecule has 5 heteroatoms. The SMILES string of the molecule is CCNc1nccc(-n2cnc3cc(C)c(C)cc32)n1. The van der Waals surface area contributed by atoms with Crippen LogP contribution in [0.25, 0.3) is 16.9 Å². The summed E-state index contributed by atoms with van der Waals surface area (Å²) in [6.07, 6.45) is 3.56. The lowest BCUT2D eigenvalue weighted by atomic mass is 10.1. The molecule has 0 saturated heterocycles. The van der Waals surface area contributed by atoms with E-state index in [1.54, 1.807) is 6.20 Å². The highest BCUT2D eigenvalue weighted by atomic mass is 15.2. The van der Waals surface area contributed by atoms with Crippen molar-refractivity contribution in [2.45, 2.75) is 20.8 Å². The smallest absolute Gasteiger partial charge is 0.224 e. The molecule has 0 aliphatic rings. The first kappa shape index (κ1) is 12.6. The summed E-state index contributed by atoms with van der Waals surface area (Å²) in [5.74, 6) is 1.46. The second kappa shape index (κ2) is 4.92. The monoisotopic (exact) mass is 267 g/mol. The van der Waals surface area contributed by atoms with Crippen LogP contribution in [0, 0.1) is 13.8 Å². The number of rotatable bonds is 3. The first-order valence-corrected chi connectivity index (χ1v) is 6.70. The van der Waals surface area contributed by atoms with Gasteiger partial charge < -0.3 is 5.32 Å². The molecule has 0 amide bonds. The highest BCUT2D eigenvalue weighted by molar-refractivity contribution is 5.79.